The molecule has 0 bridgehead atoms. The monoisotopic (exact) mass is 523 g/mol. The number of aliphatic imine (C=N–C) groups is 1. The molecule has 144 valence electrons. The predicted octanol–water partition coefficient (Wildman–Crippen LogP) is 5.74. The van der Waals surface area contributed by atoms with E-state index in [-0.39, 0.29) is 10.6 Å². The minimum absolute atomic E-state index is 0.0721. The highest BCUT2D eigenvalue weighted by molar-refractivity contribution is 9.11. The maximum absolute atomic E-state index is 12.6. The molecule has 0 fully saturated rings. The number of hydrogen-bond acceptors (Lipinski definition) is 5. The molecule has 0 radical (unpaired) electrons. The Morgan fingerprint density at radius 1 is 0.964 bits per heavy atom. The molecule has 0 spiro atoms. The van der Waals surface area contributed by atoms with E-state index in [0.717, 1.165) is 10.2 Å². The van der Waals surface area contributed by atoms with Gasteiger partial charge in [-0.25, -0.2) is 0 Å². The van der Waals surface area contributed by atoms with E-state index in [1.54, 1.807) is 67.9 Å². The summed E-state index contributed by atoms with van der Waals surface area (Å²) in [4.78, 5) is 4.47. The molecule has 3 aromatic carbocycles. The molecular formula is C20H15Br2NO4S. The van der Waals surface area contributed by atoms with Crippen LogP contribution in [0.5, 0.6) is 11.5 Å². The van der Waals surface area contributed by atoms with Crippen LogP contribution in [0.1, 0.15) is 5.56 Å². The molecule has 0 unspecified atom stereocenters. The summed E-state index contributed by atoms with van der Waals surface area (Å²) in [6, 6.07) is 18.6. The van der Waals surface area contributed by atoms with Crippen LogP contribution in [0.2, 0.25) is 0 Å². The lowest BCUT2D eigenvalue weighted by Crippen LogP contribution is -2.11. The zero-order valence-electron chi connectivity index (χ0n) is 14.7. The van der Waals surface area contributed by atoms with Gasteiger partial charge in [0.15, 0.2) is 5.75 Å². The fourth-order valence-corrected chi connectivity index (χ4v) is 4.76. The Labute approximate surface area is 180 Å². The average Bonchev–Trinajstić information content (AvgIpc) is 2.69. The predicted molar refractivity (Wildman–Crippen MR) is 116 cm³/mol. The second kappa shape index (κ2) is 8.89. The first kappa shape index (κ1) is 20.6. The smallest absolute Gasteiger partial charge is 0.339 e. The summed E-state index contributed by atoms with van der Waals surface area (Å²) in [5.74, 6) is 0.881. The van der Waals surface area contributed by atoms with Gasteiger partial charge in [-0.1, -0.05) is 34.1 Å². The minimum Gasteiger partial charge on any atom is -0.497 e. The van der Waals surface area contributed by atoms with Crippen molar-refractivity contribution < 1.29 is 17.3 Å². The summed E-state index contributed by atoms with van der Waals surface area (Å²) in [5, 5.41) is 0. The summed E-state index contributed by atoms with van der Waals surface area (Å²) in [6.07, 6.45) is 1.55. The van der Waals surface area contributed by atoms with Crippen LogP contribution in [0.4, 0.5) is 5.69 Å². The van der Waals surface area contributed by atoms with Crippen LogP contribution in [0, 0.1) is 0 Å². The van der Waals surface area contributed by atoms with Gasteiger partial charge in [0.25, 0.3) is 0 Å². The van der Waals surface area contributed by atoms with Gasteiger partial charge in [-0.3, -0.25) is 4.99 Å². The fraction of sp³-hybridized carbons (Fsp3) is 0.0500. The molecule has 0 amide bonds. The number of benzene rings is 3. The maximum Gasteiger partial charge on any atom is 0.339 e. The number of hydrogen-bond donors (Lipinski definition) is 0. The summed E-state index contributed by atoms with van der Waals surface area (Å²) >= 11 is 6.77. The summed E-state index contributed by atoms with van der Waals surface area (Å²) in [7, 11) is -2.40. The Balaban J connectivity index is 1.96. The van der Waals surface area contributed by atoms with Crippen molar-refractivity contribution in [3.8, 4) is 11.5 Å². The van der Waals surface area contributed by atoms with E-state index in [1.807, 2.05) is 0 Å². The third-order valence-electron chi connectivity index (χ3n) is 3.69. The highest BCUT2D eigenvalue weighted by Crippen LogP contribution is 2.34. The molecule has 8 heteroatoms. The van der Waals surface area contributed by atoms with Crippen molar-refractivity contribution in [1.29, 1.82) is 0 Å². The lowest BCUT2D eigenvalue weighted by Gasteiger charge is -2.12. The minimum atomic E-state index is -3.99. The second-order valence-electron chi connectivity index (χ2n) is 5.61. The number of ether oxygens (including phenoxy) is 1. The Morgan fingerprint density at radius 3 is 2.29 bits per heavy atom. The summed E-state index contributed by atoms with van der Waals surface area (Å²) in [6.45, 7) is 0. The lowest BCUT2D eigenvalue weighted by atomic mass is 10.2. The van der Waals surface area contributed by atoms with Crippen molar-refractivity contribution >= 4 is 53.9 Å². The molecule has 0 atom stereocenters. The van der Waals surface area contributed by atoms with Crippen molar-refractivity contribution in [3.05, 3.63) is 81.2 Å². The SMILES string of the molecule is COc1ccc(N=Cc2cc(Br)cc(Br)c2OS(=O)(=O)c2ccccc2)cc1. The van der Waals surface area contributed by atoms with Crippen molar-refractivity contribution in [2.45, 2.75) is 4.90 Å². The van der Waals surface area contributed by atoms with Crippen molar-refractivity contribution in [2.24, 2.45) is 4.99 Å². The van der Waals surface area contributed by atoms with E-state index in [9.17, 15) is 8.42 Å². The molecule has 0 aromatic heterocycles. The standard InChI is InChI=1S/C20H15Br2NO4S/c1-26-17-9-7-16(8-10-17)23-13-14-11-15(21)12-19(22)20(14)27-28(24,25)18-5-3-2-4-6-18/h2-13H,1H3. The Morgan fingerprint density at radius 2 is 1.64 bits per heavy atom. The lowest BCUT2D eigenvalue weighted by molar-refractivity contribution is 0.415. The van der Waals surface area contributed by atoms with E-state index in [1.165, 1.54) is 12.1 Å². The van der Waals surface area contributed by atoms with Crippen LogP contribution in [0.3, 0.4) is 0 Å². The molecule has 0 aliphatic carbocycles. The Kier molecular flexibility index (Phi) is 6.53. The first-order valence-corrected chi connectivity index (χ1v) is 11.1. The van der Waals surface area contributed by atoms with Gasteiger partial charge in [0.05, 0.1) is 17.3 Å². The Hall–Kier alpha value is -2.16. The fourth-order valence-electron chi connectivity index (χ4n) is 2.32. The van der Waals surface area contributed by atoms with Crippen molar-refractivity contribution in [2.75, 3.05) is 7.11 Å². The normalized spacial score (nSPS) is 11.5. The molecule has 0 saturated heterocycles. The highest BCUT2D eigenvalue weighted by atomic mass is 79.9. The summed E-state index contributed by atoms with van der Waals surface area (Å²) in [5.41, 5.74) is 1.19. The van der Waals surface area contributed by atoms with Crippen LogP contribution < -0.4 is 8.92 Å². The van der Waals surface area contributed by atoms with Gasteiger partial charge >= 0.3 is 10.1 Å². The van der Waals surface area contributed by atoms with E-state index in [4.69, 9.17) is 8.92 Å². The molecule has 3 aromatic rings. The average molecular weight is 525 g/mol. The second-order valence-corrected chi connectivity index (χ2v) is 8.93. The molecule has 28 heavy (non-hydrogen) atoms. The zero-order valence-corrected chi connectivity index (χ0v) is 18.7. The number of methoxy groups -OCH3 is 1. The van der Waals surface area contributed by atoms with Crippen LogP contribution in [-0.2, 0) is 10.1 Å². The van der Waals surface area contributed by atoms with E-state index in [2.05, 4.69) is 36.9 Å². The third kappa shape index (κ3) is 5.01. The molecule has 0 aliphatic rings. The molecule has 0 saturated carbocycles. The first-order chi connectivity index (χ1) is 13.4. The molecule has 0 N–H and O–H groups in total. The van der Waals surface area contributed by atoms with Crippen molar-refractivity contribution in [1.82, 2.24) is 0 Å². The third-order valence-corrected chi connectivity index (χ3v) is 5.97. The van der Waals surface area contributed by atoms with Crippen LogP contribution in [0.25, 0.3) is 0 Å². The molecule has 3 rings (SSSR count). The van der Waals surface area contributed by atoms with Crippen LogP contribution >= 0.6 is 31.9 Å². The topological polar surface area (TPSA) is 65.0 Å². The van der Waals surface area contributed by atoms with Gasteiger partial charge in [-0.05, 0) is 64.5 Å². The van der Waals surface area contributed by atoms with Gasteiger partial charge in [0, 0.05) is 16.3 Å². The van der Waals surface area contributed by atoms with Crippen LogP contribution in [0.15, 0.2) is 85.6 Å². The molecule has 5 nitrogen and oxygen atoms in total. The molecule has 0 aliphatic heterocycles. The van der Waals surface area contributed by atoms with Gasteiger partial charge in [-0.15, -0.1) is 0 Å². The maximum atomic E-state index is 12.6. The number of rotatable bonds is 6. The van der Waals surface area contributed by atoms with E-state index < -0.39 is 10.1 Å². The van der Waals surface area contributed by atoms with E-state index in [0.29, 0.717) is 15.7 Å². The number of nitrogens with zero attached hydrogens (tertiary/aromatic N) is 1. The van der Waals surface area contributed by atoms with E-state index >= 15 is 0 Å². The van der Waals surface area contributed by atoms with Gasteiger partial charge in [0.1, 0.15) is 10.6 Å². The number of halogens is 2. The Bertz CT molecular complexity index is 1100. The van der Waals surface area contributed by atoms with Gasteiger partial charge < -0.3 is 8.92 Å². The van der Waals surface area contributed by atoms with Crippen LogP contribution in [-0.4, -0.2) is 21.7 Å². The molecular weight excluding hydrogens is 510 g/mol. The summed E-state index contributed by atoms with van der Waals surface area (Å²) < 4.78 is 37.0. The zero-order chi connectivity index (χ0) is 20.1. The van der Waals surface area contributed by atoms with Crippen molar-refractivity contribution in [3.63, 3.8) is 0 Å². The van der Waals surface area contributed by atoms with Gasteiger partial charge in [0.2, 0.25) is 0 Å². The highest BCUT2D eigenvalue weighted by Gasteiger charge is 2.20. The first-order valence-electron chi connectivity index (χ1n) is 8.06. The molecule has 0 heterocycles. The quantitative estimate of drug-likeness (QED) is 0.304. The van der Waals surface area contributed by atoms with Gasteiger partial charge in [-0.2, -0.15) is 8.42 Å². The largest absolute Gasteiger partial charge is 0.497 e.